The Morgan fingerprint density at radius 2 is 0.513 bits per heavy atom. The molecular weight excluding hydrogens is 937 g/mol. The van der Waals surface area contributed by atoms with Gasteiger partial charge >= 0.3 is 17.9 Å². The van der Waals surface area contributed by atoms with Gasteiger partial charge in [-0.15, -0.1) is 0 Å². The molecule has 0 heterocycles. The second kappa shape index (κ2) is 64.1. The Kier molecular flexibility index (Phi) is 61.2. The highest BCUT2D eigenvalue weighted by atomic mass is 16.6. The summed E-state index contributed by atoms with van der Waals surface area (Å²) in [6, 6.07) is 0. The van der Waals surface area contributed by atoms with Gasteiger partial charge in [0.2, 0.25) is 0 Å². The summed E-state index contributed by atoms with van der Waals surface area (Å²) in [5.74, 6) is -0.885. The van der Waals surface area contributed by atoms with Gasteiger partial charge in [-0.05, 0) is 116 Å². The average Bonchev–Trinajstić information content (AvgIpc) is 3.42. The molecule has 0 amide bonds. The van der Waals surface area contributed by atoms with Gasteiger partial charge in [0.15, 0.2) is 6.10 Å². The topological polar surface area (TPSA) is 78.9 Å². The highest BCUT2D eigenvalue weighted by molar-refractivity contribution is 5.71. The number of carbonyl (C=O) groups excluding carboxylic acids is 3. The van der Waals surface area contributed by atoms with Crippen molar-refractivity contribution < 1.29 is 28.6 Å². The zero-order chi connectivity index (χ0) is 55.0. The lowest BCUT2D eigenvalue weighted by molar-refractivity contribution is -0.167. The van der Waals surface area contributed by atoms with Crippen molar-refractivity contribution in [1.82, 2.24) is 0 Å². The van der Waals surface area contributed by atoms with Gasteiger partial charge in [-0.3, -0.25) is 14.4 Å². The van der Waals surface area contributed by atoms with Gasteiger partial charge in [-0.25, -0.2) is 0 Å². The summed E-state index contributed by atoms with van der Waals surface area (Å²) in [5.41, 5.74) is 0. The first kappa shape index (κ1) is 72.6. The zero-order valence-electron chi connectivity index (χ0n) is 50.3. The van der Waals surface area contributed by atoms with Crippen LogP contribution in [0.2, 0.25) is 0 Å². The Hall–Kier alpha value is -3.41. The van der Waals surface area contributed by atoms with Gasteiger partial charge in [0.05, 0.1) is 0 Å². The van der Waals surface area contributed by atoms with Gasteiger partial charge in [-0.2, -0.15) is 0 Å². The smallest absolute Gasteiger partial charge is 0.306 e. The van der Waals surface area contributed by atoms with E-state index in [4.69, 9.17) is 14.2 Å². The van der Waals surface area contributed by atoms with Crippen LogP contribution in [0.15, 0.2) is 85.1 Å². The van der Waals surface area contributed by atoms with Crippen LogP contribution in [0, 0.1) is 0 Å². The third-order valence-corrected chi connectivity index (χ3v) is 14.1. The summed E-state index contributed by atoms with van der Waals surface area (Å²) in [4.78, 5) is 38.2. The highest BCUT2D eigenvalue weighted by Gasteiger charge is 2.19. The van der Waals surface area contributed by atoms with Crippen LogP contribution in [0.4, 0.5) is 0 Å². The first-order valence-electron chi connectivity index (χ1n) is 32.6. The molecule has 0 radical (unpaired) electrons. The Morgan fingerprint density at radius 3 is 0.829 bits per heavy atom. The van der Waals surface area contributed by atoms with Gasteiger partial charge < -0.3 is 14.2 Å². The van der Waals surface area contributed by atoms with E-state index in [0.29, 0.717) is 19.3 Å². The van der Waals surface area contributed by atoms with E-state index in [1.807, 2.05) is 0 Å². The second-order valence-electron chi connectivity index (χ2n) is 21.6. The lowest BCUT2D eigenvalue weighted by atomic mass is 10.0. The molecule has 0 aromatic carbocycles. The van der Waals surface area contributed by atoms with Crippen molar-refractivity contribution in [2.75, 3.05) is 13.2 Å². The molecular formula is C70H122O6. The number of allylic oxidation sites excluding steroid dienone is 14. The lowest BCUT2D eigenvalue weighted by Gasteiger charge is -2.18. The maximum atomic E-state index is 12.9. The predicted molar refractivity (Wildman–Crippen MR) is 330 cm³/mol. The standard InChI is InChI=1S/C70H122O6/c1-4-7-10-13-16-19-22-25-27-28-29-30-31-32-33-34-35-36-37-38-39-40-41-42-43-46-48-51-54-57-60-63-69(72)75-66-67(65-74-68(71)62-59-56-53-50-47-44-24-21-18-15-12-9-6-3)76-70(73)64-61-58-55-52-49-45-26-23-20-17-14-11-8-5-2/h7,10,16,19,21,23-27,29-30,32-33,67H,4-6,8-9,11-15,17-18,20,22,28,31,34-66H2,1-3H3/b10-7-,19-16-,24-21-,26-23-,27-25-,30-29-,33-32-. The number of rotatable bonds is 59. The Labute approximate surface area is 471 Å². The molecule has 0 N–H and O–H groups in total. The van der Waals surface area contributed by atoms with E-state index in [0.717, 1.165) is 109 Å². The molecule has 0 aromatic rings. The van der Waals surface area contributed by atoms with Crippen LogP contribution < -0.4 is 0 Å². The Balaban J connectivity index is 4.18. The largest absolute Gasteiger partial charge is 0.462 e. The van der Waals surface area contributed by atoms with Crippen molar-refractivity contribution in [3.05, 3.63) is 85.1 Å². The van der Waals surface area contributed by atoms with Crippen molar-refractivity contribution in [2.24, 2.45) is 0 Å². The van der Waals surface area contributed by atoms with Crippen LogP contribution in [-0.2, 0) is 28.6 Å². The van der Waals surface area contributed by atoms with Crippen molar-refractivity contribution in [1.29, 1.82) is 0 Å². The number of hydrogen-bond acceptors (Lipinski definition) is 6. The monoisotopic (exact) mass is 1060 g/mol. The highest BCUT2D eigenvalue weighted by Crippen LogP contribution is 2.16. The summed E-state index contributed by atoms with van der Waals surface area (Å²) >= 11 is 0. The summed E-state index contributed by atoms with van der Waals surface area (Å²) in [6.07, 6.45) is 84.6. The van der Waals surface area contributed by atoms with E-state index >= 15 is 0 Å². The first-order valence-corrected chi connectivity index (χ1v) is 32.6. The number of esters is 3. The molecule has 0 aliphatic rings. The first-order chi connectivity index (χ1) is 37.5. The predicted octanol–water partition coefficient (Wildman–Crippen LogP) is 22.3. The molecule has 0 fully saturated rings. The fourth-order valence-corrected chi connectivity index (χ4v) is 9.23. The molecule has 76 heavy (non-hydrogen) atoms. The van der Waals surface area contributed by atoms with E-state index in [9.17, 15) is 14.4 Å². The van der Waals surface area contributed by atoms with Crippen LogP contribution >= 0.6 is 0 Å². The van der Waals surface area contributed by atoms with E-state index in [-0.39, 0.29) is 31.1 Å². The van der Waals surface area contributed by atoms with Gasteiger partial charge in [-0.1, -0.05) is 273 Å². The van der Waals surface area contributed by atoms with Gasteiger partial charge in [0.1, 0.15) is 13.2 Å². The molecule has 0 aliphatic heterocycles. The molecule has 0 saturated heterocycles. The molecule has 0 rings (SSSR count). The van der Waals surface area contributed by atoms with Crippen LogP contribution in [-0.4, -0.2) is 37.2 Å². The second-order valence-corrected chi connectivity index (χ2v) is 21.6. The fourth-order valence-electron chi connectivity index (χ4n) is 9.23. The number of unbranched alkanes of at least 4 members (excludes halogenated alkanes) is 34. The molecule has 1 atom stereocenters. The van der Waals surface area contributed by atoms with E-state index in [1.165, 1.54) is 173 Å². The number of hydrogen-bond donors (Lipinski definition) is 0. The minimum Gasteiger partial charge on any atom is -0.462 e. The molecule has 1 unspecified atom stereocenters. The third-order valence-electron chi connectivity index (χ3n) is 14.1. The van der Waals surface area contributed by atoms with Crippen molar-refractivity contribution in [3.63, 3.8) is 0 Å². The van der Waals surface area contributed by atoms with Crippen molar-refractivity contribution >= 4 is 17.9 Å². The van der Waals surface area contributed by atoms with Crippen molar-refractivity contribution in [2.45, 2.75) is 329 Å². The maximum absolute atomic E-state index is 12.9. The third kappa shape index (κ3) is 61.4. The summed E-state index contributed by atoms with van der Waals surface area (Å²) < 4.78 is 16.9. The van der Waals surface area contributed by atoms with Crippen LogP contribution in [0.25, 0.3) is 0 Å². The Bertz CT molecular complexity index is 1450. The fraction of sp³-hybridized carbons (Fsp3) is 0.757. The maximum Gasteiger partial charge on any atom is 0.306 e. The molecule has 0 spiro atoms. The van der Waals surface area contributed by atoms with E-state index in [2.05, 4.69) is 106 Å². The molecule has 6 heteroatoms. The van der Waals surface area contributed by atoms with Gasteiger partial charge in [0, 0.05) is 19.3 Å². The molecule has 0 aliphatic carbocycles. The minimum absolute atomic E-state index is 0.0796. The zero-order valence-corrected chi connectivity index (χ0v) is 50.3. The van der Waals surface area contributed by atoms with Crippen LogP contribution in [0.3, 0.4) is 0 Å². The number of carbonyl (C=O) groups is 3. The molecule has 0 saturated carbocycles. The van der Waals surface area contributed by atoms with Crippen LogP contribution in [0.5, 0.6) is 0 Å². The quantitative estimate of drug-likeness (QED) is 0.0261. The number of ether oxygens (including phenoxy) is 3. The molecule has 438 valence electrons. The average molecular weight is 1060 g/mol. The van der Waals surface area contributed by atoms with E-state index < -0.39 is 6.10 Å². The van der Waals surface area contributed by atoms with Crippen LogP contribution in [0.1, 0.15) is 323 Å². The normalized spacial score (nSPS) is 12.6. The van der Waals surface area contributed by atoms with Gasteiger partial charge in [0.25, 0.3) is 0 Å². The molecule has 6 nitrogen and oxygen atoms in total. The SMILES string of the molecule is CC/C=C\C/C=C\C/C=C\C/C=C\C/C=C\CCCCCCCCCCCCCCCCCC(=O)OCC(COC(=O)CCCCCCC/C=C\CCCCCC)OC(=O)CCCCCCC/C=C\CCCCCCC. The minimum atomic E-state index is -0.783. The summed E-state index contributed by atoms with van der Waals surface area (Å²) in [6.45, 7) is 6.52. The van der Waals surface area contributed by atoms with Crippen molar-refractivity contribution in [3.8, 4) is 0 Å². The summed E-state index contributed by atoms with van der Waals surface area (Å²) in [5, 5.41) is 0. The molecule has 0 aromatic heterocycles. The van der Waals surface area contributed by atoms with E-state index in [1.54, 1.807) is 0 Å². The Morgan fingerprint density at radius 1 is 0.276 bits per heavy atom. The lowest BCUT2D eigenvalue weighted by Crippen LogP contribution is -2.30. The molecule has 0 bridgehead atoms. The summed E-state index contributed by atoms with van der Waals surface area (Å²) in [7, 11) is 0.